The average molecular weight is 313 g/mol. The van der Waals surface area contributed by atoms with Gasteiger partial charge in [0.25, 0.3) is 0 Å². The topological polar surface area (TPSA) is 79.5 Å². The van der Waals surface area contributed by atoms with Crippen LogP contribution in [-0.2, 0) is 15.6 Å². The van der Waals surface area contributed by atoms with E-state index in [0.717, 1.165) is 0 Å². The van der Waals surface area contributed by atoms with Gasteiger partial charge in [-0.1, -0.05) is 0 Å². The molecule has 3 rings (SSSR count). The van der Waals surface area contributed by atoms with Crippen molar-refractivity contribution in [2.75, 3.05) is 6.54 Å². The fraction of sp³-hybridized carbons (Fsp3) is 0.385. The van der Waals surface area contributed by atoms with Crippen molar-refractivity contribution in [1.82, 2.24) is 4.72 Å². The first-order chi connectivity index (χ1) is 9.52. The van der Waals surface area contributed by atoms with E-state index in [0.29, 0.717) is 24.2 Å². The van der Waals surface area contributed by atoms with Crippen LogP contribution < -0.4 is 4.72 Å². The molecule has 108 valence electrons. The van der Waals surface area contributed by atoms with Crippen molar-refractivity contribution in [2.24, 2.45) is 0 Å². The van der Waals surface area contributed by atoms with Gasteiger partial charge in [0.15, 0.2) is 5.60 Å². The molecule has 1 aliphatic carbocycles. The lowest BCUT2D eigenvalue weighted by atomic mass is 9.94. The van der Waals surface area contributed by atoms with Gasteiger partial charge < -0.3 is 9.52 Å². The van der Waals surface area contributed by atoms with Gasteiger partial charge in [-0.25, -0.2) is 13.1 Å². The summed E-state index contributed by atoms with van der Waals surface area (Å²) in [5, 5.41) is 14.2. The van der Waals surface area contributed by atoms with Crippen LogP contribution in [0.5, 0.6) is 0 Å². The Morgan fingerprint density at radius 2 is 2.25 bits per heavy atom. The van der Waals surface area contributed by atoms with Crippen molar-refractivity contribution in [2.45, 2.75) is 23.7 Å². The van der Waals surface area contributed by atoms with Gasteiger partial charge in [0.1, 0.15) is 5.76 Å². The third-order valence-electron chi connectivity index (χ3n) is 3.42. The molecule has 0 bridgehead atoms. The molecule has 2 N–H and O–H groups in total. The van der Waals surface area contributed by atoms with Gasteiger partial charge in [-0.15, -0.1) is 0 Å². The van der Waals surface area contributed by atoms with Crippen molar-refractivity contribution < 1.29 is 17.9 Å². The molecule has 5 nitrogen and oxygen atoms in total. The number of thiophene rings is 1. The fourth-order valence-electron chi connectivity index (χ4n) is 2.05. The molecule has 0 aromatic carbocycles. The largest absolute Gasteiger partial charge is 0.466 e. The standard InChI is InChI=1S/C13H15NO4S2/c15-13(10-5-7-19-8-10,12-2-1-6-18-12)9-14-20(16,17)11-3-4-11/h1-2,5-8,11,14-15H,3-4,9H2/t13-/m0/s1. The van der Waals surface area contributed by atoms with Crippen LogP contribution in [0.1, 0.15) is 24.2 Å². The van der Waals surface area contributed by atoms with Gasteiger partial charge in [-0.3, -0.25) is 0 Å². The first kappa shape index (κ1) is 13.8. The van der Waals surface area contributed by atoms with Crippen LogP contribution >= 0.6 is 11.3 Å². The molecule has 7 heteroatoms. The number of sulfonamides is 1. The van der Waals surface area contributed by atoms with E-state index >= 15 is 0 Å². The van der Waals surface area contributed by atoms with Crippen LogP contribution in [0, 0.1) is 0 Å². The SMILES string of the molecule is O=S(=O)(NC[C@](O)(c1ccsc1)c1ccco1)C1CC1. The lowest BCUT2D eigenvalue weighted by molar-refractivity contribution is 0.0623. The van der Waals surface area contributed by atoms with Crippen LogP contribution in [0.3, 0.4) is 0 Å². The van der Waals surface area contributed by atoms with Gasteiger partial charge in [0.2, 0.25) is 10.0 Å². The van der Waals surface area contributed by atoms with Crippen LogP contribution in [0.25, 0.3) is 0 Å². The summed E-state index contributed by atoms with van der Waals surface area (Å²) >= 11 is 1.44. The molecule has 2 aromatic heterocycles. The monoisotopic (exact) mass is 313 g/mol. The van der Waals surface area contributed by atoms with E-state index in [1.165, 1.54) is 17.6 Å². The van der Waals surface area contributed by atoms with Crippen LogP contribution in [0.2, 0.25) is 0 Å². The van der Waals surface area contributed by atoms with Crippen molar-refractivity contribution in [3.05, 3.63) is 46.5 Å². The molecular weight excluding hydrogens is 298 g/mol. The molecule has 0 amide bonds. The maximum atomic E-state index is 11.9. The minimum atomic E-state index is -3.35. The van der Waals surface area contributed by atoms with Crippen LogP contribution in [0.4, 0.5) is 0 Å². The van der Waals surface area contributed by atoms with Crippen LogP contribution in [-0.4, -0.2) is 25.3 Å². The molecule has 0 radical (unpaired) electrons. The summed E-state index contributed by atoms with van der Waals surface area (Å²) < 4.78 is 31.6. The quantitative estimate of drug-likeness (QED) is 0.850. The van der Waals surface area contributed by atoms with E-state index in [1.807, 2.05) is 5.38 Å². The summed E-state index contributed by atoms with van der Waals surface area (Å²) in [6.45, 7) is -0.129. The molecular formula is C13H15NO4S2. The molecule has 20 heavy (non-hydrogen) atoms. The van der Waals surface area contributed by atoms with Gasteiger partial charge in [0, 0.05) is 5.56 Å². The Morgan fingerprint density at radius 1 is 1.45 bits per heavy atom. The lowest BCUT2D eigenvalue weighted by Gasteiger charge is -2.25. The third kappa shape index (κ3) is 2.54. The van der Waals surface area contributed by atoms with E-state index in [-0.39, 0.29) is 11.8 Å². The van der Waals surface area contributed by atoms with E-state index in [9.17, 15) is 13.5 Å². The molecule has 2 aromatic rings. The average Bonchev–Trinajstić information content (AvgIpc) is 2.96. The molecule has 1 fully saturated rings. The number of nitrogens with one attached hydrogen (secondary N) is 1. The van der Waals surface area contributed by atoms with E-state index < -0.39 is 15.6 Å². The number of furan rings is 1. The third-order valence-corrected chi connectivity index (χ3v) is 6.00. The van der Waals surface area contributed by atoms with Crippen molar-refractivity contribution >= 4 is 21.4 Å². The minimum Gasteiger partial charge on any atom is -0.466 e. The summed E-state index contributed by atoms with van der Waals surface area (Å²) in [6.07, 6.45) is 2.84. The predicted molar refractivity (Wildman–Crippen MR) is 76.0 cm³/mol. The number of hydrogen-bond donors (Lipinski definition) is 2. The molecule has 0 saturated heterocycles. The summed E-state index contributed by atoms with van der Waals surface area (Å²) in [4.78, 5) is 0. The molecule has 1 atom stereocenters. The Hall–Kier alpha value is -1.15. The van der Waals surface area contributed by atoms with E-state index in [2.05, 4.69) is 4.72 Å². The highest BCUT2D eigenvalue weighted by molar-refractivity contribution is 7.90. The summed E-state index contributed by atoms with van der Waals surface area (Å²) in [6, 6.07) is 5.07. The first-order valence-electron chi connectivity index (χ1n) is 6.30. The molecule has 0 spiro atoms. The smallest absolute Gasteiger partial charge is 0.214 e. The van der Waals surface area contributed by atoms with Crippen molar-refractivity contribution in [3.63, 3.8) is 0 Å². The zero-order valence-electron chi connectivity index (χ0n) is 10.7. The number of aliphatic hydroxyl groups is 1. The number of rotatable bonds is 6. The Balaban J connectivity index is 1.87. The molecule has 0 unspecified atom stereocenters. The predicted octanol–water partition coefficient (Wildman–Crippen LogP) is 1.66. The highest BCUT2D eigenvalue weighted by Crippen LogP contribution is 2.32. The van der Waals surface area contributed by atoms with Gasteiger partial charge in [-0.05, 0) is 41.8 Å². The maximum absolute atomic E-state index is 11.9. The Morgan fingerprint density at radius 3 is 2.80 bits per heavy atom. The Labute approximate surface area is 121 Å². The molecule has 2 heterocycles. The lowest BCUT2D eigenvalue weighted by Crippen LogP contribution is -2.42. The highest BCUT2D eigenvalue weighted by atomic mass is 32.2. The summed E-state index contributed by atoms with van der Waals surface area (Å²) in [7, 11) is -3.35. The van der Waals surface area contributed by atoms with Gasteiger partial charge in [-0.2, -0.15) is 11.3 Å². The molecule has 1 saturated carbocycles. The van der Waals surface area contributed by atoms with E-state index in [4.69, 9.17) is 4.42 Å². The second-order valence-corrected chi connectivity index (χ2v) is 7.74. The zero-order chi connectivity index (χ0) is 14.2. The molecule has 0 aliphatic heterocycles. The Kier molecular flexibility index (Phi) is 3.45. The minimum absolute atomic E-state index is 0.129. The maximum Gasteiger partial charge on any atom is 0.214 e. The summed E-state index contributed by atoms with van der Waals surface area (Å²) in [5.41, 5.74) is -0.859. The number of hydrogen-bond acceptors (Lipinski definition) is 5. The highest BCUT2D eigenvalue weighted by Gasteiger charge is 2.40. The normalized spacial score (nSPS) is 18.9. The van der Waals surface area contributed by atoms with Crippen molar-refractivity contribution in [1.29, 1.82) is 0 Å². The second kappa shape index (κ2) is 5.00. The van der Waals surface area contributed by atoms with Gasteiger partial charge >= 0.3 is 0 Å². The summed E-state index contributed by atoms with van der Waals surface area (Å²) in [5.74, 6) is 0.328. The first-order valence-corrected chi connectivity index (χ1v) is 8.79. The van der Waals surface area contributed by atoms with Gasteiger partial charge in [0.05, 0.1) is 18.1 Å². The zero-order valence-corrected chi connectivity index (χ0v) is 12.3. The van der Waals surface area contributed by atoms with Crippen LogP contribution in [0.15, 0.2) is 39.6 Å². The molecule has 1 aliphatic rings. The Bertz CT molecular complexity index is 623. The fourth-order valence-corrected chi connectivity index (χ4v) is 4.17. The second-order valence-electron chi connectivity index (χ2n) is 4.92. The van der Waals surface area contributed by atoms with E-state index in [1.54, 1.807) is 23.6 Å². The van der Waals surface area contributed by atoms with Crippen molar-refractivity contribution in [3.8, 4) is 0 Å².